The van der Waals surface area contributed by atoms with Gasteiger partial charge in [-0.05, 0) is 37.2 Å². The number of primary amides is 1. The van der Waals surface area contributed by atoms with E-state index in [4.69, 9.17) is 5.73 Å². The van der Waals surface area contributed by atoms with Gasteiger partial charge in [0.1, 0.15) is 0 Å². The van der Waals surface area contributed by atoms with Gasteiger partial charge in [0, 0.05) is 18.9 Å². The first-order valence-electron chi connectivity index (χ1n) is 10.1. The fraction of sp³-hybridized carbons (Fsp3) is 0.636. The predicted molar refractivity (Wildman–Crippen MR) is 108 cm³/mol. The van der Waals surface area contributed by atoms with Gasteiger partial charge in [0.15, 0.2) is 0 Å². The summed E-state index contributed by atoms with van der Waals surface area (Å²) in [4.78, 5) is 23.6. The van der Waals surface area contributed by atoms with Crippen LogP contribution in [0.15, 0.2) is 30.3 Å². The molecule has 2 amide bonds. The van der Waals surface area contributed by atoms with Crippen molar-refractivity contribution in [2.45, 2.75) is 84.1 Å². The summed E-state index contributed by atoms with van der Waals surface area (Å²) >= 11 is 0. The zero-order valence-corrected chi connectivity index (χ0v) is 16.5. The Morgan fingerprint density at radius 2 is 1.73 bits per heavy atom. The zero-order chi connectivity index (χ0) is 19.2. The van der Waals surface area contributed by atoms with Gasteiger partial charge in [-0.1, -0.05) is 69.9 Å². The lowest BCUT2D eigenvalue weighted by molar-refractivity contribution is -0.123. The molecule has 0 heterocycles. The predicted octanol–water partition coefficient (Wildman–Crippen LogP) is 4.37. The van der Waals surface area contributed by atoms with Crippen molar-refractivity contribution >= 4 is 11.8 Å². The Hall–Kier alpha value is -1.84. The topological polar surface area (TPSA) is 72.2 Å². The van der Waals surface area contributed by atoms with Crippen LogP contribution < -0.4 is 11.1 Å². The molecule has 26 heavy (non-hydrogen) atoms. The average Bonchev–Trinajstić information content (AvgIpc) is 2.61. The smallest absolute Gasteiger partial charge is 0.220 e. The first-order chi connectivity index (χ1) is 12.5. The quantitative estimate of drug-likeness (QED) is 0.484. The molecule has 0 aliphatic rings. The van der Waals surface area contributed by atoms with Gasteiger partial charge in [0.2, 0.25) is 11.8 Å². The number of aryl methyl sites for hydroxylation is 1. The molecule has 0 aliphatic carbocycles. The van der Waals surface area contributed by atoms with E-state index in [1.165, 1.54) is 24.8 Å². The molecule has 0 radical (unpaired) electrons. The highest BCUT2D eigenvalue weighted by molar-refractivity contribution is 5.78. The number of unbranched alkanes of at least 4 members (excludes halogenated alkanes) is 4. The third-order valence-corrected chi connectivity index (χ3v) is 4.93. The summed E-state index contributed by atoms with van der Waals surface area (Å²) in [6.07, 6.45) is 9.38. The summed E-state index contributed by atoms with van der Waals surface area (Å²) in [6, 6.07) is 10.2. The summed E-state index contributed by atoms with van der Waals surface area (Å²) in [5, 5.41) is 3.05. The van der Waals surface area contributed by atoms with Crippen LogP contribution in [0.2, 0.25) is 0 Å². The Kier molecular flexibility index (Phi) is 11.4. The Balaban J connectivity index is 2.38. The Morgan fingerprint density at radius 3 is 2.38 bits per heavy atom. The maximum Gasteiger partial charge on any atom is 0.220 e. The largest absolute Gasteiger partial charge is 0.370 e. The highest BCUT2D eigenvalue weighted by Crippen LogP contribution is 2.17. The van der Waals surface area contributed by atoms with Crippen molar-refractivity contribution in [1.29, 1.82) is 0 Å². The van der Waals surface area contributed by atoms with E-state index in [9.17, 15) is 9.59 Å². The van der Waals surface area contributed by atoms with Crippen LogP contribution in [0.1, 0.15) is 77.2 Å². The second-order valence-corrected chi connectivity index (χ2v) is 7.36. The molecule has 1 unspecified atom stereocenters. The third kappa shape index (κ3) is 10.2. The van der Waals surface area contributed by atoms with Crippen LogP contribution in [-0.2, 0) is 16.0 Å². The summed E-state index contributed by atoms with van der Waals surface area (Å²) < 4.78 is 0. The fourth-order valence-electron chi connectivity index (χ4n) is 3.25. The monoisotopic (exact) mass is 360 g/mol. The van der Waals surface area contributed by atoms with E-state index in [2.05, 4.69) is 43.4 Å². The van der Waals surface area contributed by atoms with E-state index < -0.39 is 0 Å². The van der Waals surface area contributed by atoms with Crippen molar-refractivity contribution < 1.29 is 9.59 Å². The summed E-state index contributed by atoms with van der Waals surface area (Å²) in [5.41, 5.74) is 6.71. The first kappa shape index (κ1) is 22.2. The SMILES string of the molecule is CCCCCCCC(=O)N[C@H](CC(N)=O)C(C)CCCc1ccccc1. The van der Waals surface area contributed by atoms with Crippen molar-refractivity contribution in [3.8, 4) is 0 Å². The van der Waals surface area contributed by atoms with Gasteiger partial charge in [-0.25, -0.2) is 0 Å². The van der Waals surface area contributed by atoms with Gasteiger partial charge in [0.05, 0.1) is 0 Å². The molecule has 0 aliphatic heterocycles. The number of benzene rings is 1. The number of carbonyl (C=O) groups excluding carboxylic acids is 2. The molecule has 0 aromatic heterocycles. The van der Waals surface area contributed by atoms with Crippen LogP contribution in [0.4, 0.5) is 0 Å². The number of rotatable bonds is 14. The van der Waals surface area contributed by atoms with E-state index in [-0.39, 0.29) is 30.2 Å². The zero-order valence-electron chi connectivity index (χ0n) is 16.5. The molecule has 4 nitrogen and oxygen atoms in total. The lowest BCUT2D eigenvalue weighted by Crippen LogP contribution is -2.42. The van der Waals surface area contributed by atoms with Crippen LogP contribution in [0.5, 0.6) is 0 Å². The number of carbonyl (C=O) groups is 2. The molecule has 0 fully saturated rings. The van der Waals surface area contributed by atoms with E-state index in [1.54, 1.807) is 0 Å². The molecule has 2 atom stereocenters. The summed E-state index contributed by atoms with van der Waals surface area (Å²) in [5.74, 6) is -0.0777. The van der Waals surface area contributed by atoms with Gasteiger partial charge in [-0.15, -0.1) is 0 Å². The van der Waals surface area contributed by atoms with Crippen molar-refractivity contribution in [3.05, 3.63) is 35.9 Å². The van der Waals surface area contributed by atoms with Crippen molar-refractivity contribution in [1.82, 2.24) is 5.32 Å². The molecule has 0 spiro atoms. The second-order valence-electron chi connectivity index (χ2n) is 7.36. The third-order valence-electron chi connectivity index (χ3n) is 4.93. The van der Waals surface area contributed by atoms with Crippen LogP contribution in [0.3, 0.4) is 0 Å². The van der Waals surface area contributed by atoms with Crippen molar-refractivity contribution in [2.24, 2.45) is 11.7 Å². The molecule has 0 saturated heterocycles. The van der Waals surface area contributed by atoms with E-state index >= 15 is 0 Å². The molecular weight excluding hydrogens is 324 g/mol. The number of nitrogens with one attached hydrogen (secondary N) is 1. The normalized spacial score (nSPS) is 13.2. The lowest BCUT2D eigenvalue weighted by Gasteiger charge is -2.24. The first-order valence-corrected chi connectivity index (χ1v) is 10.1. The molecule has 4 heteroatoms. The van der Waals surface area contributed by atoms with Crippen LogP contribution in [0, 0.1) is 5.92 Å². The van der Waals surface area contributed by atoms with E-state index in [0.717, 1.165) is 32.1 Å². The van der Waals surface area contributed by atoms with Gasteiger partial charge >= 0.3 is 0 Å². The highest BCUT2D eigenvalue weighted by Gasteiger charge is 2.21. The molecule has 1 aromatic carbocycles. The standard InChI is InChI=1S/C22H36N2O2/c1-3-4-5-6-10-16-22(26)24-20(17-21(23)25)18(2)12-11-15-19-13-8-7-9-14-19/h7-9,13-14,18,20H,3-6,10-12,15-17H2,1-2H3,(H2,23,25)(H,24,26)/t18?,20-/m1/s1. The molecule has 1 rings (SSSR count). The maximum absolute atomic E-state index is 12.2. The maximum atomic E-state index is 12.2. The minimum Gasteiger partial charge on any atom is -0.370 e. The van der Waals surface area contributed by atoms with Crippen LogP contribution in [-0.4, -0.2) is 17.9 Å². The molecule has 0 saturated carbocycles. The van der Waals surface area contributed by atoms with Gasteiger partial charge in [-0.2, -0.15) is 0 Å². The number of hydrogen-bond acceptors (Lipinski definition) is 2. The number of amides is 2. The minimum absolute atomic E-state index is 0.0441. The summed E-state index contributed by atoms with van der Waals surface area (Å²) in [6.45, 7) is 4.28. The van der Waals surface area contributed by atoms with Crippen LogP contribution in [0.25, 0.3) is 0 Å². The fourth-order valence-corrected chi connectivity index (χ4v) is 3.25. The van der Waals surface area contributed by atoms with Crippen molar-refractivity contribution in [3.63, 3.8) is 0 Å². The van der Waals surface area contributed by atoms with Crippen molar-refractivity contribution in [2.75, 3.05) is 0 Å². The summed E-state index contributed by atoms with van der Waals surface area (Å²) in [7, 11) is 0. The average molecular weight is 361 g/mol. The second kappa shape index (κ2) is 13.4. The molecular formula is C22H36N2O2. The van der Waals surface area contributed by atoms with Gasteiger partial charge in [-0.3, -0.25) is 9.59 Å². The Labute approximate surface area is 158 Å². The molecule has 3 N–H and O–H groups in total. The number of hydrogen-bond donors (Lipinski definition) is 2. The van der Waals surface area contributed by atoms with Crippen LogP contribution >= 0.6 is 0 Å². The number of nitrogens with two attached hydrogens (primary N) is 1. The van der Waals surface area contributed by atoms with E-state index in [1.807, 2.05) is 6.07 Å². The Morgan fingerprint density at radius 1 is 1.04 bits per heavy atom. The lowest BCUT2D eigenvalue weighted by atomic mass is 9.92. The highest BCUT2D eigenvalue weighted by atomic mass is 16.2. The van der Waals surface area contributed by atoms with Gasteiger partial charge in [0.25, 0.3) is 0 Å². The minimum atomic E-state index is -0.354. The molecule has 0 bridgehead atoms. The molecule has 146 valence electrons. The Bertz CT molecular complexity index is 516. The van der Waals surface area contributed by atoms with Gasteiger partial charge < -0.3 is 11.1 Å². The molecule has 1 aromatic rings. The van der Waals surface area contributed by atoms with E-state index in [0.29, 0.717) is 6.42 Å².